The van der Waals surface area contributed by atoms with Gasteiger partial charge in [-0.25, -0.2) is 0 Å². The number of fused-ring (bicyclic) bond motifs is 3. The van der Waals surface area contributed by atoms with E-state index in [1.165, 1.54) is 47.7 Å². The van der Waals surface area contributed by atoms with Gasteiger partial charge in [0.1, 0.15) is 0 Å². The van der Waals surface area contributed by atoms with Gasteiger partial charge in [0, 0.05) is 0 Å². The Hall–Kier alpha value is -1.73. The van der Waals surface area contributed by atoms with Gasteiger partial charge in [-0.15, -0.1) is 0 Å². The maximum atomic E-state index is 6.42. The standard InChI is InChI=1S/C21H25.C13H8Cl2.C5H5.2ClH.Zr/c1-20(2,3)16-9-7-14-11-15-8-10-17(21(4,5)6)13-19(15)18(14)12-16;14-12-5-1-10(2-6-12)9-11-3-7-13(15)8-4-11;1-2-4-5-3-1;;;/h7,9-10,12-13H,11H2,1-6H3;1-8H;1-5H;2*1H;/q;;;;;+2/p-2. The van der Waals surface area contributed by atoms with E-state index < -0.39 is 21.3 Å². The van der Waals surface area contributed by atoms with E-state index in [9.17, 15) is 0 Å². The third-order valence-corrected chi connectivity index (χ3v) is 17.0. The first-order valence-electron chi connectivity index (χ1n) is 14.8. The van der Waals surface area contributed by atoms with Crippen molar-refractivity contribution in [2.24, 2.45) is 0 Å². The van der Waals surface area contributed by atoms with E-state index in [0.29, 0.717) is 3.63 Å². The number of rotatable bonds is 4. The smallest absolute Gasteiger partial charge is 1.00 e. The maximum Gasteiger partial charge on any atom is -1.00 e. The van der Waals surface area contributed by atoms with Crippen LogP contribution >= 0.6 is 23.2 Å². The molecule has 44 heavy (non-hydrogen) atoms. The summed E-state index contributed by atoms with van der Waals surface area (Å²) in [6, 6.07) is 29.3. The van der Waals surface area contributed by atoms with Gasteiger partial charge in [-0.05, 0) is 0 Å². The minimum atomic E-state index is -2.75. The monoisotopic (exact) mass is 736 g/mol. The maximum absolute atomic E-state index is 6.42. The van der Waals surface area contributed by atoms with Crippen LogP contribution in [-0.4, -0.2) is 3.21 Å². The quantitative estimate of drug-likeness (QED) is 0.253. The van der Waals surface area contributed by atoms with Crippen molar-refractivity contribution in [3.63, 3.8) is 0 Å². The molecule has 5 heteroatoms. The number of hydrogen-bond acceptors (Lipinski definition) is 0. The van der Waals surface area contributed by atoms with Gasteiger partial charge < -0.3 is 24.8 Å². The van der Waals surface area contributed by atoms with Crippen molar-refractivity contribution in [2.75, 3.05) is 0 Å². The molecule has 0 nitrogen and oxygen atoms in total. The normalized spacial score (nSPS) is 13.4. The molecule has 226 valence electrons. The van der Waals surface area contributed by atoms with Crippen LogP contribution in [0.15, 0.2) is 103 Å². The molecule has 4 aromatic carbocycles. The Balaban J connectivity index is 0.00000221. The van der Waals surface area contributed by atoms with E-state index in [2.05, 4.69) is 120 Å². The molecule has 0 atom stereocenters. The molecule has 0 spiro atoms. The van der Waals surface area contributed by atoms with Gasteiger partial charge in [0.15, 0.2) is 0 Å². The first-order chi connectivity index (χ1) is 19.9. The zero-order chi connectivity index (χ0) is 29.8. The Morgan fingerprint density at radius 1 is 0.636 bits per heavy atom. The van der Waals surface area contributed by atoms with Gasteiger partial charge >= 0.3 is 271 Å². The molecule has 0 radical (unpaired) electrons. The van der Waals surface area contributed by atoms with E-state index in [0.717, 1.165) is 16.5 Å². The Kier molecular flexibility index (Phi) is 10.8. The Morgan fingerprint density at radius 2 is 1.14 bits per heavy atom. The Bertz CT molecular complexity index is 1700. The van der Waals surface area contributed by atoms with Crippen molar-refractivity contribution in [1.82, 2.24) is 0 Å². The SMILES string of the molecule is CC(C)(C)c1ccc2c(c1)-c1cc(C(C)(C)C)c[c]([Zr+2](=[C](c3ccc(Cl)cc3)c3ccc(Cl)cc3)[CH]3C=CC=C3)c1C2.[Cl-].[Cl-]. The van der Waals surface area contributed by atoms with Gasteiger partial charge in [0.25, 0.3) is 0 Å². The number of halogens is 4. The number of hydrogen-bond donors (Lipinski definition) is 0. The Morgan fingerprint density at radius 3 is 1.64 bits per heavy atom. The van der Waals surface area contributed by atoms with Gasteiger partial charge in [0.05, 0.1) is 0 Å². The van der Waals surface area contributed by atoms with Crippen molar-refractivity contribution < 1.29 is 46.1 Å². The van der Waals surface area contributed by atoms with Crippen molar-refractivity contribution in [1.29, 1.82) is 0 Å². The second-order valence-corrected chi connectivity index (χ2v) is 20.8. The molecule has 2 aliphatic carbocycles. The summed E-state index contributed by atoms with van der Waals surface area (Å²) in [4.78, 5) is 0. The molecule has 4 aromatic rings. The molecule has 0 bridgehead atoms. The molecule has 0 saturated heterocycles. The van der Waals surface area contributed by atoms with Crippen LogP contribution in [0.4, 0.5) is 0 Å². The minimum absolute atomic E-state index is 0. The second kappa shape index (κ2) is 13.6. The fourth-order valence-corrected chi connectivity index (χ4v) is 14.8. The molecule has 6 rings (SSSR count). The molecule has 0 aliphatic heterocycles. The summed E-state index contributed by atoms with van der Waals surface area (Å²) in [6.45, 7) is 14.0. The summed E-state index contributed by atoms with van der Waals surface area (Å²) >= 11 is 10.1. The average Bonchev–Trinajstić information content (AvgIpc) is 3.60. The topological polar surface area (TPSA) is 0 Å². The van der Waals surface area contributed by atoms with Gasteiger partial charge in [-0.3, -0.25) is 0 Å². The minimum Gasteiger partial charge on any atom is -1.00 e. The zero-order valence-electron chi connectivity index (χ0n) is 26.1. The van der Waals surface area contributed by atoms with Crippen LogP contribution in [0.3, 0.4) is 0 Å². The first kappa shape index (κ1) is 35.1. The molecule has 0 heterocycles. The summed E-state index contributed by atoms with van der Waals surface area (Å²) in [6.07, 6.45) is 10.4. The van der Waals surface area contributed by atoms with Crippen LogP contribution in [0.1, 0.15) is 74.9 Å². The third-order valence-electron chi connectivity index (χ3n) is 8.66. The molecular weight excluding hydrogens is 701 g/mol. The largest absolute Gasteiger partial charge is 1.00 e. The molecule has 0 amide bonds. The van der Waals surface area contributed by atoms with Crippen LogP contribution in [0.2, 0.25) is 13.7 Å². The molecule has 0 aromatic heterocycles. The predicted octanol–water partition coefficient (Wildman–Crippen LogP) is 4.59. The van der Waals surface area contributed by atoms with Crippen LogP contribution in [0, 0.1) is 0 Å². The fourth-order valence-electron chi connectivity index (χ4n) is 6.23. The molecular formula is C39H38Cl4Zr. The van der Waals surface area contributed by atoms with Crippen LogP contribution in [0.25, 0.3) is 11.1 Å². The molecule has 0 fully saturated rings. The fraction of sp³-hybridized carbons (Fsp3) is 0.256. The average molecular weight is 740 g/mol. The van der Waals surface area contributed by atoms with Gasteiger partial charge in [0.2, 0.25) is 0 Å². The molecule has 2 aliphatic rings. The number of allylic oxidation sites excluding steroid dienone is 4. The summed E-state index contributed by atoms with van der Waals surface area (Å²) in [7, 11) is 0. The van der Waals surface area contributed by atoms with Crippen molar-refractivity contribution >= 4 is 29.7 Å². The van der Waals surface area contributed by atoms with Crippen molar-refractivity contribution in [3.05, 3.63) is 147 Å². The predicted molar refractivity (Wildman–Crippen MR) is 180 cm³/mol. The summed E-state index contributed by atoms with van der Waals surface area (Å²) < 4.78 is 3.52. The van der Waals surface area contributed by atoms with Gasteiger partial charge in [-0.2, -0.15) is 0 Å². The van der Waals surface area contributed by atoms with E-state index >= 15 is 0 Å². The van der Waals surface area contributed by atoms with E-state index in [1.54, 1.807) is 3.27 Å². The van der Waals surface area contributed by atoms with Crippen molar-refractivity contribution in [2.45, 2.75) is 62.4 Å². The molecule has 0 N–H and O–H groups in total. The van der Waals surface area contributed by atoms with Crippen LogP contribution < -0.4 is 28.1 Å². The Labute approximate surface area is 293 Å². The second-order valence-electron chi connectivity index (χ2n) is 13.7. The van der Waals surface area contributed by atoms with E-state index in [1.807, 2.05) is 24.3 Å². The molecule has 0 saturated carbocycles. The van der Waals surface area contributed by atoms with Crippen molar-refractivity contribution in [3.8, 4) is 11.1 Å². The summed E-state index contributed by atoms with van der Waals surface area (Å²) in [5.41, 5.74) is 11.3. The molecule has 0 unspecified atom stereocenters. The summed E-state index contributed by atoms with van der Waals surface area (Å²) in [5, 5.41) is 1.53. The zero-order valence-corrected chi connectivity index (χ0v) is 31.6. The van der Waals surface area contributed by atoms with E-state index in [4.69, 9.17) is 23.2 Å². The van der Waals surface area contributed by atoms with E-state index in [-0.39, 0.29) is 35.6 Å². The van der Waals surface area contributed by atoms with Crippen LogP contribution in [-0.2, 0) is 38.5 Å². The third kappa shape index (κ3) is 6.99. The van der Waals surface area contributed by atoms with Gasteiger partial charge in [-0.1, -0.05) is 0 Å². The number of benzene rings is 4. The first-order valence-corrected chi connectivity index (χ1v) is 19.5. The van der Waals surface area contributed by atoms with Crippen LogP contribution in [0.5, 0.6) is 0 Å². The summed E-state index contributed by atoms with van der Waals surface area (Å²) in [5.74, 6) is 0.